The Morgan fingerprint density at radius 3 is 2.86 bits per heavy atom. The SMILES string of the molecule is CC1CCCC(N(C)C(=O)c2cccc3c2CCCN3)C1.Cl. The summed E-state index contributed by atoms with van der Waals surface area (Å²) in [4.78, 5) is 14.9. The molecule has 1 aliphatic carbocycles. The maximum atomic E-state index is 12.9. The lowest BCUT2D eigenvalue weighted by Gasteiger charge is -2.35. The maximum Gasteiger partial charge on any atom is 0.254 e. The van der Waals surface area contributed by atoms with Crippen molar-refractivity contribution in [3.8, 4) is 0 Å². The molecule has 2 unspecified atom stereocenters. The average Bonchev–Trinajstić information content (AvgIpc) is 2.53. The van der Waals surface area contributed by atoms with Gasteiger partial charge in [-0.3, -0.25) is 4.79 Å². The van der Waals surface area contributed by atoms with E-state index < -0.39 is 0 Å². The van der Waals surface area contributed by atoms with Gasteiger partial charge >= 0.3 is 0 Å². The maximum absolute atomic E-state index is 12.9. The molecule has 2 atom stereocenters. The molecule has 2 aliphatic rings. The molecule has 1 heterocycles. The van der Waals surface area contributed by atoms with E-state index in [2.05, 4.69) is 18.3 Å². The van der Waals surface area contributed by atoms with Gasteiger partial charge in [-0.15, -0.1) is 12.4 Å². The largest absolute Gasteiger partial charge is 0.385 e. The fourth-order valence-electron chi connectivity index (χ4n) is 3.82. The summed E-state index contributed by atoms with van der Waals surface area (Å²) < 4.78 is 0. The zero-order valence-electron chi connectivity index (χ0n) is 13.6. The highest BCUT2D eigenvalue weighted by Gasteiger charge is 2.27. The monoisotopic (exact) mass is 322 g/mol. The molecule has 0 bridgehead atoms. The van der Waals surface area contributed by atoms with Crippen LogP contribution in [0, 0.1) is 5.92 Å². The summed E-state index contributed by atoms with van der Waals surface area (Å²) in [5.41, 5.74) is 3.27. The lowest BCUT2D eigenvalue weighted by atomic mass is 9.86. The van der Waals surface area contributed by atoms with E-state index in [0.717, 1.165) is 49.4 Å². The highest BCUT2D eigenvalue weighted by Crippen LogP contribution is 2.30. The molecule has 1 aromatic rings. The molecule has 122 valence electrons. The number of amides is 1. The van der Waals surface area contributed by atoms with Crippen LogP contribution in [0.5, 0.6) is 0 Å². The van der Waals surface area contributed by atoms with Gasteiger partial charge in [0.15, 0.2) is 0 Å². The molecule has 1 saturated carbocycles. The normalized spacial score (nSPS) is 23.7. The fourth-order valence-corrected chi connectivity index (χ4v) is 3.82. The second kappa shape index (κ2) is 7.36. The first kappa shape index (κ1) is 17.1. The summed E-state index contributed by atoms with van der Waals surface area (Å²) in [7, 11) is 1.99. The molecule has 0 spiro atoms. The van der Waals surface area contributed by atoms with Crippen LogP contribution in [0.3, 0.4) is 0 Å². The summed E-state index contributed by atoms with van der Waals surface area (Å²) in [5, 5.41) is 3.41. The molecular formula is C18H27ClN2O. The van der Waals surface area contributed by atoms with E-state index >= 15 is 0 Å². The van der Waals surface area contributed by atoms with E-state index in [4.69, 9.17) is 0 Å². The second-order valence-corrected chi connectivity index (χ2v) is 6.70. The Hall–Kier alpha value is -1.22. The Morgan fingerprint density at radius 1 is 1.27 bits per heavy atom. The van der Waals surface area contributed by atoms with Crippen LogP contribution in [0.4, 0.5) is 5.69 Å². The summed E-state index contributed by atoms with van der Waals surface area (Å²) in [5.74, 6) is 0.944. The molecule has 1 aromatic carbocycles. The predicted molar refractivity (Wildman–Crippen MR) is 94.0 cm³/mol. The minimum absolute atomic E-state index is 0. The molecule has 1 aliphatic heterocycles. The summed E-state index contributed by atoms with van der Waals surface area (Å²) >= 11 is 0. The molecule has 22 heavy (non-hydrogen) atoms. The van der Waals surface area contributed by atoms with Crippen molar-refractivity contribution in [1.82, 2.24) is 4.90 Å². The number of hydrogen-bond donors (Lipinski definition) is 1. The molecular weight excluding hydrogens is 296 g/mol. The summed E-state index contributed by atoms with van der Waals surface area (Å²) in [6, 6.07) is 6.50. The Bertz CT molecular complexity index is 532. The zero-order valence-corrected chi connectivity index (χ0v) is 14.4. The third kappa shape index (κ3) is 3.40. The van der Waals surface area contributed by atoms with E-state index in [-0.39, 0.29) is 18.3 Å². The van der Waals surface area contributed by atoms with Crippen LogP contribution in [0.25, 0.3) is 0 Å². The lowest BCUT2D eigenvalue weighted by Crippen LogP contribution is -2.40. The third-order valence-corrected chi connectivity index (χ3v) is 5.10. The summed E-state index contributed by atoms with van der Waals surface area (Å²) in [6.45, 7) is 3.32. The van der Waals surface area contributed by atoms with Crippen molar-refractivity contribution in [2.75, 3.05) is 18.9 Å². The number of nitrogens with one attached hydrogen (secondary N) is 1. The van der Waals surface area contributed by atoms with Crippen LogP contribution in [0.15, 0.2) is 18.2 Å². The Morgan fingerprint density at radius 2 is 2.09 bits per heavy atom. The topological polar surface area (TPSA) is 32.3 Å². The smallest absolute Gasteiger partial charge is 0.254 e. The van der Waals surface area contributed by atoms with Gasteiger partial charge in [0.05, 0.1) is 0 Å². The number of anilines is 1. The highest BCUT2D eigenvalue weighted by atomic mass is 35.5. The first-order valence-electron chi connectivity index (χ1n) is 8.29. The van der Waals surface area contributed by atoms with Crippen LogP contribution >= 0.6 is 12.4 Å². The second-order valence-electron chi connectivity index (χ2n) is 6.70. The van der Waals surface area contributed by atoms with Gasteiger partial charge in [-0.25, -0.2) is 0 Å². The van der Waals surface area contributed by atoms with Gasteiger partial charge in [-0.05, 0) is 49.3 Å². The molecule has 0 radical (unpaired) electrons. The Kier molecular flexibility index (Phi) is 5.74. The van der Waals surface area contributed by atoms with E-state index in [1.165, 1.54) is 18.4 Å². The molecule has 3 nitrogen and oxygen atoms in total. The standard InChI is InChI=1S/C18H26N2O.ClH/c1-13-6-3-7-14(12-13)20(2)18(21)16-8-4-10-17-15(16)9-5-11-19-17;/h4,8,10,13-14,19H,3,5-7,9,11-12H2,1-2H3;1H. The van der Waals surface area contributed by atoms with Crippen molar-refractivity contribution in [3.63, 3.8) is 0 Å². The van der Waals surface area contributed by atoms with Crippen LogP contribution in [0.2, 0.25) is 0 Å². The van der Waals surface area contributed by atoms with Gasteiger partial charge in [0, 0.05) is 30.9 Å². The predicted octanol–water partition coefficient (Wildman–Crippen LogP) is 4.12. The van der Waals surface area contributed by atoms with Crippen molar-refractivity contribution in [1.29, 1.82) is 0 Å². The van der Waals surface area contributed by atoms with Gasteiger partial charge in [0.2, 0.25) is 0 Å². The van der Waals surface area contributed by atoms with Crippen LogP contribution in [-0.2, 0) is 6.42 Å². The lowest BCUT2D eigenvalue weighted by molar-refractivity contribution is 0.0671. The first-order chi connectivity index (χ1) is 10.2. The van der Waals surface area contributed by atoms with Crippen LogP contribution in [0.1, 0.15) is 54.9 Å². The van der Waals surface area contributed by atoms with Crippen molar-refractivity contribution in [2.45, 2.75) is 51.5 Å². The van der Waals surface area contributed by atoms with Crippen LogP contribution in [-0.4, -0.2) is 30.4 Å². The molecule has 0 saturated heterocycles. The number of halogens is 1. The Balaban J connectivity index is 0.00000176. The van der Waals surface area contributed by atoms with E-state index in [1.807, 2.05) is 24.1 Å². The van der Waals surface area contributed by atoms with Gasteiger partial charge in [0.25, 0.3) is 5.91 Å². The van der Waals surface area contributed by atoms with Crippen molar-refractivity contribution < 1.29 is 4.79 Å². The first-order valence-corrected chi connectivity index (χ1v) is 8.29. The number of fused-ring (bicyclic) bond motifs is 1. The van der Waals surface area contributed by atoms with Crippen LogP contribution < -0.4 is 5.32 Å². The highest BCUT2D eigenvalue weighted by molar-refractivity contribution is 5.97. The number of rotatable bonds is 2. The van der Waals surface area contributed by atoms with Gasteiger partial charge in [-0.1, -0.05) is 25.8 Å². The van der Waals surface area contributed by atoms with Gasteiger partial charge in [0.1, 0.15) is 0 Å². The van der Waals surface area contributed by atoms with Gasteiger partial charge < -0.3 is 10.2 Å². The van der Waals surface area contributed by atoms with Crippen molar-refractivity contribution >= 4 is 24.0 Å². The quantitative estimate of drug-likeness (QED) is 0.888. The van der Waals surface area contributed by atoms with Crippen molar-refractivity contribution in [2.24, 2.45) is 5.92 Å². The molecule has 0 aromatic heterocycles. The molecule has 1 fully saturated rings. The summed E-state index contributed by atoms with van der Waals surface area (Å²) in [6.07, 6.45) is 6.98. The number of carbonyl (C=O) groups is 1. The molecule has 1 amide bonds. The molecule has 3 rings (SSSR count). The fraction of sp³-hybridized carbons (Fsp3) is 0.611. The number of hydrogen-bond acceptors (Lipinski definition) is 2. The minimum Gasteiger partial charge on any atom is -0.385 e. The van der Waals surface area contributed by atoms with E-state index in [0.29, 0.717) is 6.04 Å². The average molecular weight is 323 g/mol. The number of benzene rings is 1. The molecule has 1 N–H and O–H groups in total. The van der Waals surface area contributed by atoms with Crippen molar-refractivity contribution in [3.05, 3.63) is 29.3 Å². The third-order valence-electron chi connectivity index (χ3n) is 5.10. The van der Waals surface area contributed by atoms with E-state index in [9.17, 15) is 4.79 Å². The number of nitrogens with zero attached hydrogens (tertiary/aromatic N) is 1. The van der Waals surface area contributed by atoms with Gasteiger partial charge in [-0.2, -0.15) is 0 Å². The number of carbonyl (C=O) groups excluding carboxylic acids is 1. The molecule has 4 heteroatoms. The Labute approximate surface area is 139 Å². The van der Waals surface area contributed by atoms with E-state index in [1.54, 1.807) is 0 Å². The minimum atomic E-state index is 0. The zero-order chi connectivity index (χ0) is 14.8.